The molecule has 1 heterocycles. The summed E-state index contributed by atoms with van der Waals surface area (Å²) in [6, 6.07) is 82.4. The summed E-state index contributed by atoms with van der Waals surface area (Å²) in [5.74, 6) is 0. The number of rotatable bonds is 7. The second-order valence-corrected chi connectivity index (χ2v) is 16.0. The molecule has 268 valence electrons. The zero-order chi connectivity index (χ0) is 37.8. The maximum absolute atomic E-state index is 2.47. The molecule has 0 amide bonds. The number of para-hydroxylation sites is 1. The molecule has 57 heavy (non-hydrogen) atoms. The normalized spacial score (nSPS) is 12.7. The zero-order valence-corrected chi connectivity index (χ0v) is 32.0. The average Bonchev–Trinajstić information content (AvgIpc) is 3.81. The van der Waals surface area contributed by atoms with Gasteiger partial charge in [0.1, 0.15) is 0 Å². The van der Waals surface area contributed by atoms with E-state index >= 15 is 0 Å². The highest BCUT2D eigenvalue weighted by Gasteiger charge is 2.45. The number of hydrogen-bond acceptors (Lipinski definition) is 2. The summed E-state index contributed by atoms with van der Waals surface area (Å²) in [6.07, 6.45) is 0. The van der Waals surface area contributed by atoms with Gasteiger partial charge >= 0.3 is 0 Å². The molecule has 0 saturated carbocycles. The van der Waals surface area contributed by atoms with Gasteiger partial charge in [0.2, 0.25) is 0 Å². The molecule has 0 radical (unpaired) electrons. The Morgan fingerprint density at radius 1 is 0.316 bits per heavy atom. The van der Waals surface area contributed by atoms with E-state index in [-0.39, 0.29) is 0 Å². The van der Waals surface area contributed by atoms with Crippen molar-refractivity contribution in [2.45, 2.75) is 5.41 Å². The van der Waals surface area contributed by atoms with Crippen molar-refractivity contribution in [1.82, 2.24) is 0 Å². The Labute approximate surface area is 337 Å². The molecule has 1 aliphatic carbocycles. The Morgan fingerprint density at radius 2 is 0.807 bits per heavy atom. The molecule has 11 rings (SSSR count). The quantitative estimate of drug-likeness (QED) is 0.157. The van der Waals surface area contributed by atoms with Crippen LogP contribution in [0.2, 0.25) is 0 Å². The molecule has 9 aromatic carbocycles. The summed E-state index contributed by atoms with van der Waals surface area (Å²) in [4.78, 5) is 2.41. The third kappa shape index (κ3) is 5.44. The molecule has 0 saturated heterocycles. The van der Waals surface area contributed by atoms with Gasteiger partial charge in [-0.1, -0.05) is 176 Å². The van der Waals surface area contributed by atoms with Crippen molar-refractivity contribution in [2.75, 3.05) is 4.90 Å². The van der Waals surface area contributed by atoms with Gasteiger partial charge in [0.05, 0.1) is 5.41 Å². The van der Waals surface area contributed by atoms with Crippen molar-refractivity contribution < 1.29 is 0 Å². The molecule has 0 fully saturated rings. The molecule has 1 aliphatic rings. The fourth-order valence-corrected chi connectivity index (χ4v) is 10.4. The monoisotopic (exact) mass is 743 g/mol. The fourth-order valence-electron chi connectivity index (χ4n) is 9.21. The van der Waals surface area contributed by atoms with Gasteiger partial charge in [0.15, 0.2) is 0 Å². The molecule has 10 aromatic rings. The Kier molecular flexibility index (Phi) is 7.98. The largest absolute Gasteiger partial charge is 0.310 e. The van der Waals surface area contributed by atoms with Gasteiger partial charge < -0.3 is 4.90 Å². The average molecular weight is 744 g/mol. The van der Waals surface area contributed by atoms with Crippen LogP contribution in [0.3, 0.4) is 0 Å². The summed E-state index contributed by atoms with van der Waals surface area (Å²) >= 11 is 1.89. The number of nitrogens with zero attached hydrogens (tertiary/aromatic N) is 1. The first-order valence-corrected chi connectivity index (χ1v) is 20.4. The van der Waals surface area contributed by atoms with Gasteiger partial charge in [-0.15, -0.1) is 11.3 Å². The summed E-state index contributed by atoms with van der Waals surface area (Å²) < 4.78 is 2.56. The SMILES string of the molecule is c1ccc(-c2cc(-c3ccccc3)cc(N(c3ccccc3)c3ccc4c(c3)sc3cc(C5(c6ccccc6)c6ccccc6-c6ccccc65)ccc34)c2)cc1. The lowest BCUT2D eigenvalue weighted by atomic mass is 9.67. The topological polar surface area (TPSA) is 3.24 Å². The summed E-state index contributed by atoms with van der Waals surface area (Å²) in [5.41, 5.74) is 15.6. The van der Waals surface area contributed by atoms with Gasteiger partial charge in [-0.3, -0.25) is 0 Å². The van der Waals surface area contributed by atoms with E-state index in [1.54, 1.807) is 0 Å². The molecule has 0 atom stereocenters. The van der Waals surface area contributed by atoms with E-state index < -0.39 is 5.41 Å². The number of anilines is 3. The van der Waals surface area contributed by atoms with Crippen molar-refractivity contribution in [3.63, 3.8) is 0 Å². The number of thiophene rings is 1. The Bertz CT molecular complexity index is 2950. The fraction of sp³-hybridized carbons (Fsp3) is 0.0182. The van der Waals surface area contributed by atoms with Gasteiger partial charge in [-0.25, -0.2) is 0 Å². The van der Waals surface area contributed by atoms with Crippen molar-refractivity contribution in [1.29, 1.82) is 0 Å². The maximum Gasteiger partial charge on any atom is 0.0714 e. The van der Waals surface area contributed by atoms with Crippen LogP contribution in [-0.4, -0.2) is 0 Å². The predicted octanol–water partition coefficient (Wildman–Crippen LogP) is 15.2. The molecule has 1 nitrogen and oxygen atoms in total. The Balaban J connectivity index is 1.10. The molecular weight excluding hydrogens is 707 g/mol. The number of hydrogen-bond donors (Lipinski definition) is 0. The van der Waals surface area contributed by atoms with Crippen molar-refractivity contribution in [3.05, 3.63) is 247 Å². The van der Waals surface area contributed by atoms with E-state index in [1.165, 1.54) is 75.8 Å². The number of fused-ring (bicyclic) bond motifs is 6. The summed E-state index contributed by atoms with van der Waals surface area (Å²) in [5, 5.41) is 2.57. The lowest BCUT2D eigenvalue weighted by molar-refractivity contribution is 0.770. The van der Waals surface area contributed by atoms with Crippen LogP contribution in [0, 0.1) is 0 Å². The van der Waals surface area contributed by atoms with Gasteiger partial charge in [-0.2, -0.15) is 0 Å². The molecule has 0 aliphatic heterocycles. The smallest absolute Gasteiger partial charge is 0.0714 e. The van der Waals surface area contributed by atoms with Crippen LogP contribution < -0.4 is 4.90 Å². The van der Waals surface area contributed by atoms with E-state index in [1.807, 2.05) is 11.3 Å². The molecular formula is C55H37NS. The lowest BCUT2D eigenvalue weighted by Gasteiger charge is -2.33. The zero-order valence-electron chi connectivity index (χ0n) is 31.2. The Morgan fingerprint density at radius 3 is 1.40 bits per heavy atom. The number of benzene rings is 9. The molecule has 1 aromatic heterocycles. The van der Waals surface area contributed by atoms with Crippen LogP contribution in [0.4, 0.5) is 17.1 Å². The van der Waals surface area contributed by atoms with Crippen LogP contribution in [0.5, 0.6) is 0 Å². The minimum Gasteiger partial charge on any atom is -0.310 e. The first-order chi connectivity index (χ1) is 28.3. The van der Waals surface area contributed by atoms with E-state index in [0.29, 0.717) is 0 Å². The van der Waals surface area contributed by atoms with Gasteiger partial charge in [0, 0.05) is 37.2 Å². The summed E-state index contributed by atoms with van der Waals surface area (Å²) in [6.45, 7) is 0. The van der Waals surface area contributed by atoms with Crippen molar-refractivity contribution in [2.24, 2.45) is 0 Å². The molecule has 2 heteroatoms. The van der Waals surface area contributed by atoms with Gasteiger partial charge in [0.25, 0.3) is 0 Å². The first kappa shape index (κ1) is 33.3. The molecule has 0 N–H and O–H groups in total. The minimum absolute atomic E-state index is 0.422. The van der Waals surface area contributed by atoms with Crippen molar-refractivity contribution in [3.8, 4) is 33.4 Å². The second kappa shape index (κ2) is 13.6. The molecule has 0 spiro atoms. The highest BCUT2D eigenvalue weighted by molar-refractivity contribution is 7.25. The minimum atomic E-state index is -0.422. The maximum atomic E-state index is 2.47. The highest BCUT2D eigenvalue weighted by atomic mass is 32.1. The standard InChI is InChI=1S/C55H37NS/c1-5-17-38(18-6-1)40-33-41(39-19-7-2-8-20-39)35-46(34-40)56(44-23-11-4-12-24-44)45-30-32-50-49-31-29-43(36-53(49)57-54(50)37-45)55(42-21-9-3-10-22-42)51-27-15-13-25-47(51)48-26-14-16-28-52(48)55/h1-37H. The third-order valence-electron chi connectivity index (χ3n) is 11.7. The first-order valence-electron chi connectivity index (χ1n) is 19.6. The van der Waals surface area contributed by atoms with E-state index in [4.69, 9.17) is 0 Å². The lowest BCUT2D eigenvalue weighted by Crippen LogP contribution is -2.28. The van der Waals surface area contributed by atoms with E-state index in [2.05, 4.69) is 229 Å². The van der Waals surface area contributed by atoms with Crippen LogP contribution >= 0.6 is 11.3 Å². The summed E-state index contributed by atoms with van der Waals surface area (Å²) in [7, 11) is 0. The van der Waals surface area contributed by atoms with E-state index in [0.717, 1.165) is 17.1 Å². The Hall–Kier alpha value is -7.00. The third-order valence-corrected chi connectivity index (χ3v) is 12.8. The second-order valence-electron chi connectivity index (χ2n) is 14.9. The molecule has 0 unspecified atom stereocenters. The molecule has 0 bridgehead atoms. The van der Waals surface area contributed by atoms with Crippen LogP contribution in [0.25, 0.3) is 53.6 Å². The van der Waals surface area contributed by atoms with E-state index in [9.17, 15) is 0 Å². The highest BCUT2D eigenvalue weighted by Crippen LogP contribution is 2.56. The van der Waals surface area contributed by atoms with Crippen LogP contribution in [0.1, 0.15) is 22.3 Å². The van der Waals surface area contributed by atoms with Crippen LogP contribution in [0.15, 0.2) is 224 Å². The van der Waals surface area contributed by atoms with Gasteiger partial charge in [-0.05, 0) is 104 Å². The predicted molar refractivity (Wildman–Crippen MR) is 242 cm³/mol. The van der Waals surface area contributed by atoms with Crippen molar-refractivity contribution >= 4 is 48.6 Å². The van der Waals surface area contributed by atoms with Crippen LogP contribution in [-0.2, 0) is 5.41 Å².